The molecule has 0 aliphatic heterocycles. The number of aromatic amines is 1. The number of hydrogen-bond donors (Lipinski definition) is 2. The number of aromatic nitrogens is 5. The van der Waals surface area contributed by atoms with Gasteiger partial charge in [-0.2, -0.15) is 5.26 Å². The number of nitriles is 1. The molecule has 1 amide bonds. The fourth-order valence-corrected chi connectivity index (χ4v) is 3.35. The van der Waals surface area contributed by atoms with Gasteiger partial charge in [0.05, 0.1) is 6.33 Å². The maximum atomic E-state index is 12.6. The van der Waals surface area contributed by atoms with E-state index >= 15 is 0 Å². The number of amides is 1. The van der Waals surface area contributed by atoms with Gasteiger partial charge < -0.3 is 19.6 Å². The van der Waals surface area contributed by atoms with Crippen LogP contribution >= 0.6 is 0 Å². The fourth-order valence-electron chi connectivity index (χ4n) is 3.35. The molecule has 0 bridgehead atoms. The second-order valence-corrected chi connectivity index (χ2v) is 8.19. The van der Waals surface area contributed by atoms with Gasteiger partial charge in [0, 0.05) is 17.9 Å². The number of aryl methyl sites for hydroxylation is 1. The summed E-state index contributed by atoms with van der Waals surface area (Å²) in [4.78, 5) is 39.9. The first kappa shape index (κ1) is 23.7. The van der Waals surface area contributed by atoms with Gasteiger partial charge in [0.1, 0.15) is 23.5 Å². The molecule has 3 heterocycles. The highest BCUT2D eigenvalue weighted by molar-refractivity contribution is 6.02. The van der Waals surface area contributed by atoms with Gasteiger partial charge in [-0.1, -0.05) is 13.8 Å². The third kappa shape index (κ3) is 5.44. The van der Waals surface area contributed by atoms with E-state index in [0.29, 0.717) is 17.1 Å². The van der Waals surface area contributed by atoms with E-state index in [2.05, 4.69) is 43.7 Å². The average molecular weight is 450 g/mol. The van der Waals surface area contributed by atoms with Crippen molar-refractivity contribution >= 4 is 34.9 Å². The predicted molar refractivity (Wildman–Crippen MR) is 123 cm³/mol. The van der Waals surface area contributed by atoms with E-state index in [1.54, 1.807) is 0 Å². The summed E-state index contributed by atoms with van der Waals surface area (Å²) in [5, 5.41) is 12.1. The van der Waals surface area contributed by atoms with Crippen LogP contribution in [-0.4, -0.2) is 42.5 Å². The Kier molecular flexibility index (Phi) is 7.23. The van der Waals surface area contributed by atoms with E-state index in [4.69, 9.17) is 4.74 Å². The molecule has 0 aromatic carbocycles. The summed E-state index contributed by atoms with van der Waals surface area (Å²) in [5.74, 6) is -0.687. The standard InChI is InChI=1S/C23H27N7O3/c1-13(2)6-7-30-14(3)8-17(15(30)4)9-18(10-24)23(32)33-16(5)22(31)29-21-19-20(26-11-25-19)27-12-28-21/h8-9,11-13,16H,6-7H2,1-5H3,(H2,25,26,27,28,29,31)/b18-9+. The number of nitrogens with zero attached hydrogens (tertiary/aromatic N) is 5. The summed E-state index contributed by atoms with van der Waals surface area (Å²) >= 11 is 0. The largest absolute Gasteiger partial charge is 0.448 e. The zero-order valence-electron chi connectivity index (χ0n) is 19.3. The number of nitrogens with one attached hydrogen (secondary N) is 2. The molecule has 3 aromatic heterocycles. The van der Waals surface area contributed by atoms with Gasteiger partial charge >= 0.3 is 5.97 Å². The van der Waals surface area contributed by atoms with Crippen LogP contribution in [0.15, 0.2) is 24.3 Å². The van der Waals surface area contributed by atoms with E-state index < -0.39 is 18.0 Å². The third-order valence-corrected chi connectivity index (χ3v) is 5.30. The van der Waals surface area contributed by atoms with Gasteiger partial charge in [0.25, 0.3) is 5.91 Å². The number of rotatable bonds is 8. The maximum absolute atomic E-state index is 12.6. The Morgan fingerprint density at radius 1 is 1.27 bits per heavy atom. The van der Waals surface area contributed by atoms with Crippen LogP contribution in [0.25, 0.3) is 17.2 Å². The molecule has 3 rings (SSSR count). The summed E-state index contributed by atoms with van der Waals surface area (Å²) in [6, 6.07) is 3.81. The minimum absolute atomic E-state index is 0.184. The Labute approximate surface area is 191 Å². The SMILES string of the molecule is Cc1cc(/C=C(\C#N)C(=O)OC(C)C(=O)Nc2ncnc3nc[nH]c23)c(C)n1CCC(C)C. The van der Waals surface area contributed by atoms with Crippen LogP contribution in [0.3, 0.4) is 0 Å². The molecule has 0 saturated carbocycles. The minimum Gasteiger partial charge on any atom is -0.448 e. The third-order valence-electron chi connectivity index (χ3n) is 5.30. The van der Waals surface area contributed by atoms with E-state index in [-0.39, 0.29) is 11.4 Å². The maximum Gasteiger partial charge on any atom is 0.349 e. The second-order valence-electron chi connectivity index (χ2n) is 8.19. The van der Waals surface area contributed by atoms with Crippen molar-refractivity contribution in [3.63, 3.8) is 0 Å². The zero-order valence-corrected chi connectivity index (χ0v) is 19.3. The molecule has 0 aliphatic carbocycles. The highest BCUT2D eigenvalue weighted by Crippen LogP contribution is 2.20. The lowest BCUT2D eigenvalue weighted by Crippen LogP contribution is -2.30. The number of hydrogen-bond acceptors (Lipinski definition) is 7. The molecular formula is C23H27N7O3. The average Bonchev–Trinajstić information content (AvgIpc) is 3.35. The lowest BCUT2D eigenvalue weighted by atomic mass is 10.1. The topological polar surface area (TPSA) is 139 Å². The lowest BCUT2D eigenvalue weighted by Gasteiger charge is -2.13. The van der Waals surface area contributed by atoms with Crippen LogP contribution in [0, 0.1) is 31.1 Å². The van der Waals surface area contributed by atoms with Crippen molar-refractivity contribution in [1.82, 2.24) is 24.5 Å². The van der Waals surface area contributed by atoms with Gasteiger partial charge in [-0.15, -0.1) is 0 Å². The van der Waals surface area contributed by atoms with Crippen molar-refractivity contribution in [2.45, 2.75) is 53.7 Å². The van der Waals surface area contributed by atoms with Gasteiger partial charge in [-0.25, -0.2) is 19.7 Å². The minimum atomic E-state index is -1.15. The number of carbonyl (C=O) groups is 2. The molecule has 172 valence electrons. The molecule has 10 heteroatoms. The Bertz CT molecular complexity index is 1250. The molecule has 0 radical (unpaired) electrons. The molecule has 1 unspecified atom stereocenters. The highest BCUT2D eigenvalue weighted by atomic mass is 16.5. The molecule has 0 fully saturated rings. The number of imidazole rings is 1. The molecule has 0 aliphatic rings. The van der Waals surface area contributed by atoms with Gasteiger partial charge in [0.2, 0.25) is 0 Å². The number of ether oxygens (including phenoxy) is 1. The lowest BCUT2D eigenvalue weighted by molar-refractivity contribution is -0.148. The Hall–Kier alpha value is -4.00. The molecule has 0 saturated heterocycles. The summed E-state index contributed by atoms with van der Waals surface area (Å²) in [5.41, 5.74) is 3.45. The van der Waals surface area contributed by atoms with Crippen molar-refractivity contribution in [3.8, 4) is 6.07 Å². The predicted octanol–water partition coefficient (Wildman–Crippen LogP) is 3.29. The van der Waals surface area contributed by atoms with Crippen LogP contribution in [0.4, 0.5) is 5.82 Å². The Morgan fingerprint density at radius 2 is 2.03 bits per heavy atom. The van der Waals surface area contributed by atoms with Gasteiger partial charge in [-0.3, -0.25) is 4.79 Å². The number of anilines is 1. The van der Waals surface area contributed by atoms with Crippen molar-refractivity contribution in [3.05, 3.63) is 41.2 Å². The molecule has 2 N–H and O–H groups in total. The summed E-state index contributed by atoms with van der Waals surface area (Å²) in [7, 11) is 0. The first-order chi connectivity index (χ1) is 15.7. The number of carbonyl (C=O) groups excluding carboxylic acids is 2. The van der Waals surface area contributed by atoms with Crippen LogP contribution < -0.4 is 5.32 Å². The van der Waals surface area contributed by atoms with Crippen molar-refractivity contribution in [2.75, 3.05) is 5.32 Å². The van der Waals surface area contributed by atoms with Crippen LogP contribution in [0.5, 0.6) is 0 Å². The molecule has 1 atom stereocenters. The van der Waals surface area contributed by atoms with E-state index in [0.717, 1.165) is 29.9 Å². The Balaban J connectivity index is 1.71. The molecule has 0 spiro atoms. The molecule has 10 nitrogen and oxygen atoms in total. The van der Waals surface area contributed by atoms with Crippen molar-refractivity contribution in [2.24, 2.45) is 5.92 Å². The Morgan fingerprint density at radius 3 is 2.73 bits per heavy atom. The first-order valence-corrected chi connectivity index (χ1v) is 10.7. The van der Waals surface area contributed by atoms with E-state index in [1.807, 2.05) is 26.0 Å². The summed E-state index contributed by atoms with van der Waals surface area (Å²) < 4.78 is 7.41. The fraction of sp³-hybridized carbons (Fsp3) is 0.391. The van der Waals surface area contributed by atoms with Crippen molar-refractivity contribution in [1.29, 1.82) is 5.26 Å². The molecular weight excluding hydrogens is 422 g/mol. The molecule has 33 heavy (non-hydrogen) atoms. The number of esters is 1. The van der Waals surface area contributed by atoms with Crippen LogP contribution in [-0.2, 0) is 20.9 Å². The van der Waals surface area contributed by atoms with E-state index in [9.17, 15) is 14.9 Å². The first-order valence-electron chi connectivity index (χ1n) is 10.7. The van der Waals surface area contributed by atoms with Gasteiger partial charge in [0.15, 0.2) is 17.6 Å². The van der Waals surface area contributed by atoms with Gasteiger partial charge in [-0.05, 0) is 50.8 Å². The monoisotopic (exact) mass is 449 g/mol. The highest BCUT2D eigenvalue weighted by Gasteiger charge is 2.22. The van der Waals surface area contributed by atoms with Crippen LogP contribution in [0.1, 0.15) is 44.1 Å². The van der Waals surface area contributed by atoms with Crippen LogP contribution in [0.2, 0.25) is 0 Å². The zero-order chi connectivity index (χ0) is 24.1. The quantitative estimate of drug-likeness (QED) is 0.306. The normalized spacial score (nSPS) is 12.6. The smallest absolute Gasteiger partial charge is 0.349 e. The molecule has 3 aromatic rings. The second kappa shape index (κ2) is 10.1. The number of H-pyrrole nitrogens is 1. The number of fused-ring (bicyclic) bond motifs is 1. The summed E-state index contributed by atoms with van der Waals surface area (Å²) in [6.07, 6.45) is 4.07. The summed E-state index contributed by atoms with van der Waals surface area (Å²) in [6.45, 7) is 10.6. The van der Waals surface area contributed by atoms with E-state index in [1.165, 1.54) is 25.7 Å². The van der Waals surface area contributed by atoms with Crippen molar-refractivity contribution < 1.29 is 14.3 Å².